The van der Waals surface area contributed by atoms with Crippen LogP contribution in [0.25, 0.3) is 17.1 Å². The van der Waals surface area contributed by atoms with Gasteiger partial charge in [-0.05, 0) is 43.7 Å². The zero-order valence-corrected chi connectivity index (χ0v) is 15.3. The molecule has 0 aliphatic carbocycles. The van der Waals surface area contributed by atoms with Crippen LogP contribution in [0.3, 0.4) is 0 Å². The van der Waals surface area contributed by atoms with E-state index in [0.717, 1.165) is 22.6 Å². The smallest absolute Gasteiger partial charge is 0.494 e. The normalized spacial score (nSPS) is 10.4. The van der Waals surface area contributed by atoms with Gasteiger partial charge in [-0.15, -0.1) is 0 Å². The Morgan fingerprint density at radius 3 is 2.70 bits per heavy atom. The predicted molar refractivity (Wildman–Crippen MR) is 99.8 cm³/mol. The lowest BCUT2D eigenvalue weighted by atomic mass is 10.2. The molecular formula is C20H21N3O4. The molecule has 0 unspecified atom stereocenters. The van der Waals surface area contributed by atoms with Gasteiger partial charge in [-0.3, -0.25) is 0 Å². The van der Waals surface area contributed by atoms with Gasteiger partial charge in [0.05, 0.1) is 18.9 Å². The van der Waals surface area contributed by atoms with Crippen molar-refractivity contribution in [3.05, 3.63) is 60.4 Å². The molecule has 0 aliphatic heterocycles. The molecule has 27 heavy (non-hydrogen) atoms. The first-order valence-corrected chi connectivity index (χ1v) is 8.73. The molecular weight excluding hydrogens is 346 g/mol. The molecule has 140 valence electrons. The van der Waals surface area contributed by atoms with Gasteiger partial charge in [0, 0.05) is 5.56 Å². The number of hydrogen-bond acceptors (Lipinski definition) is 6. The summed E-state index contributed by atoms with van der Waals surface area (Å²) < 4.78 is 17.1. The Morgan fingerprint density at radius 2 is 1.89 bits per heavy atom. The monoisotopic (exact) mass is 367 g/mol. The summed E-state index contributed by atoms with van der Waals surface area (Å²) in [6, 6.07) is 15.3. The molecule has 0 spiro atoms. The third-order valence-electron chi connectivity index (χ3n) is 3.73. The van der Waals surface area contributed by atoms with Gasteiger partial charge in [-0.1, -0.05) is 24.3 Å². The molecule has 0 radical (unpaired) electrons. The molecule has 7 nitrogen and oxygen atoms in total. The van der Waals surface area contributed by atoms with Gasteiger partial charge in [-0.2, -0.15) is 5.10 Å². The van der Waals surface area contributed by atoms with Crippen molar-refractivity contribution in [3.8, 4) is 22.8 Å². The Labute approximate surface area is 157 Å². The summed E-state index contributed by atoms with van der Waals surface area (Å²) in [4.78, 5) is 15.8. The fraction of sp³-hybridized carbons (Fsp3) is 0.250. The van der Waals surface area contributed by atoms with Gasteiger partial charge in [0.2, 0.25) is 0 Å². The molecule has 0 aliphatic rings. The van der Waals surface area contributed by atoms with E-state index in [9.17, 15) is 4.79 Å². The Hall–Kier alpha value is -3.35. The van der Waals surface area contributed by atoms with Crippen LogP contribution in [0.1, 0.15) is 19.4 Å². The van der Waals surface area contributed by atoms with Crippen molar-refractivity contribution in [2.24, 2.45) is 0 Å². The Balaban J connectivity index is 1.84. The van der Waals surface area contributed by atoms with Crippen LogP contribution in [0.2, 0.25) is 0 Å². The molecule has 7 heteroatoms. The van der Waals surface area contributed by atoms with Gasteiger partial charge in [-0.25, -0.2) is 14.5 Å². The van der Waals surface area contributed by atoms with Crippen LogP contribution in [0, 0.1) is 0 Å². The maximum Gasteiger partial charge on any atom is 0.508 e. The minimum absolute atomic E-state index is 0.122. The van der Waals surface area contributed by atoms with Crippen molar-refractivity contribution in [1.29, 1.82) is 0 Å². The SMILES string of the molecule is CCOC(=O)OCc1cccc(-n2ncnc2-c2cccc(OCC)c2)c1. The molecule has 3 aromatic rings. The highest BCUT2D eigenvalue weighted by molar-refractivity contribution is 5.61. The minimum Gasteiger partial charge on any atom is -0.494 e. The molecule has 1 heterocycles. The maximum absolute atomic E-state index is 11.4. The second kappa shape index (κ2) is 8.84. The van der Waals surface area contributed by atoms with Crippen molar-refractivity contribution in [2.45, 2.75) is 20.5 Å². The molecule has 0 saturated carbocycles. The van der Waals surface area contributed by atoms with Crippen molar-refractivity contribution >= 4 is 6.16 Å². The highest BCUT2D eigenvalue weighted by atomic mass is 16.7. The van der Waals surface area contributed by atoms with Crippen LogP contribution >= 0.6 is 0 Å². The summed E-state index contributed by atoms with van der Waals surface area (Å²) in [7, 11) is 0. The van der Waals surface area contributed by atoms with Crippen molar-refractivity contribution in [3.63, 3.8) is 0 Å². The summed E-state index contributed by atoms with van der Waals surface area (Å²) in [5.74, 6) is 1.47. The first-order chi connectivity index (χ1) is 13.2. The molecule has 0 N–H and O–H groups in total. The predicted octanol–water partition coefficient (Wildman–Crippen LogP) is 4.01. The molecule has 1 aromatic heterocycles. The van der Waals surface area contributed by atoms with Crippen LogP contribution in [0.15, 0.2) is 54.9 Å². The summed E-state index contributed by atoms with van der Waals surface area (Å²) >= 11 is 0. The van der Waals surface area contributed by atoms with Gasteiger partial charge in [0.1, 0.15) is 18.7 Å². The van der Waals surface area contributed by atoms with Gasteiger partial charge >= 0.3 is 6.16 Å². The van der Waals surface area contributed by atoms with Crippen LogP contribution in [0.4, 0.5) is 4.79 Å². The van der Waals surface area contributed by atoms with Crippen molar-refractivity contribution in [1.82, 2.24) is 14.8 Å². The molecule has 0 saturated heterocycles. The lowest BCUT2D eigenvalue weighted by Gasteiger charge is -2.10. The standard InChI is InChI=1S/C20H21N3O4/c1-3-25-18-10-6-8-16(12-18)19-21-14-22-23(19)17-9-5-7-15(11-17)13-27-20(24)26-4-2/h5-12,14H,3-4,13H2,1-2H3. The molecule has 0 fully saturated rings. The Bertz CT molecular complexity index is 908. The van der Waals surface area contributed by atoms with E-state index in [4.69, 9.17) is 14.2 Å². The lowest BCUT2D eigenvalue weighted by molar-refractivity contribution is 0.0536. The highest BCUT2D eigenvalue weighted by Gasteiger charge is 2.11. The number of aromatic nitrogens is 3. The number of carbonyl (C=O) groups excluding carboxylic acids is 1. The fourth-order valence-electron chi connectivity index (χ4n) is 2.60. The number of nitrogens with zero attached hydrogens (tertiary/aromatic N) is 3. The first kappa shape index (κ1) is 18.4. The van der Waals surface area contributed by atoms with E-state index in [1.807, 2.05) is 55.5 Å². The van der Waals surface area contributed by atoms with Crippen LogP contribution in [-0.2, 0) is 16.1 Å². The summed E-state index contributed by atoms with van der Waals surface area (Å²) in [5, 5.41) is 4.34. The Morgan fingerprint density at radius 1 is 1.04 bits per heavy atom. The average Bonchev–Trinajstić information content (AvgIpc) is 3.17. The average molecular weight is 367 g/mol. The number of ether oxygens (including phenoxy) is 3. The topological polar surface area (TPSA) is 75.5 Å². The lowest BCUT2D eigenvalue weighted by Crippen LogP contribution is -2.07. The third-order valence-corrected chi connectivity index (χ3v) is 3.73. The summed E-state index contributed by atoms with van der Waals surface area (Å²) in [6.45, 7) is 4.67. The van der Waals surface area contributed by atoms with Gasteiger partial charge in [0.25, 0.3) is 0 Å². The van der Waals surface area contributed by atoms with Gasteiger partial charge in [0.15, 0.2) is 5.82 Å². The zero-order valence-electron chi connectivity index (χ0n) is 15.3. The van der Waals surface area contributed by atoms with Crippen LogP contribution < -0.4 is 4.74 Å². The van der Waals surface area contributed by atoms with E-state index in [0.29, 0.717) is 12.4 Å². The number of carbonyl (C=O) groups is 1. The first-order valence-electron chi connectivity index (χ1n) is 8.73. The molecule has 3 rings (SSSR count). The minimum atomic E-state index is -0.683. The van der Waals surface area contributed by atoms with Gasteiger partial charge < -0.3 is 14.2 Å². The summed E-state index contributed by atoms with van der Waals surface area (Å²) in [6.07, 6.45) is 0.821. The second-order valence-corrected chi connectivity index (χ2v) is 5.60. The molecule has 0 amide bonds. The van der Waals surface area contributed by atoms with E-state index in [1.54, 1.807) is 11.6 Å². The van der Waals surface area contributed by atoms with Crippen molar-refractivity contribution < 1.29 is 19.0 Å². The number of benzene rings is 2. The van der Waals surface area contributed by atoms with Crippen LogP contribution in [-0.4, -0.2) is 34.1 Å². The second-order valence-electron chi connectivity index (χ2n) is 5.60. The van der Waals surface area contributed by atoms with E-state index in [2.05, 4.69) is 10.1 Å². The largest absolute Gasteiger partial charge is 0.508 e. The fourth-order valence-corrected chi connectivity index (χ4v) is 2.60. The number of rotatable bonds is 7. The molecule has 0 atom stereocenters. The Kier molecular flexibility index (Phi) is 6.04. The quantitative estimate of drug-likeness (QED) is 0.588. The summed E-state index contributed by atoms with van der Waals surface area (Å²) in [5.41, 5.74) is 2.53. The maximum atomic E-state index is 11.4. The molecule has 0 bridgehead atoms. The highest BCUT2D eigenvalue weighted by Crippen LogP contribution is 2.24. The third kappa shape index (κ3) is 4.63. The van der Waals surface area contributed by atoms with Crippen LogP contribution in [0.5, 0.6) is 5.75 Å². The van der Waals surface area contributed by atoms with E-state index in [1.165, 1.54) is 6.33 Å². The van der Waals surface area contributed by atoms with E-state index < -0.39 is 6.16 Å². The molecule has 2 aromatic carbocycles. The zero-order chi connectivity index (χ0) is 19.1. The van der Waals surface area contributed by atoms with Crippen molar-refractivity contribution in [2.75, 3.05) is 13.2 Å². The van der Waals surface area contributed by atoms with E-state index in [-0.39, 0.29) is 13.2 Å². The number of hydrogen-bond donors (Lipinski definition) is 0. The van der Waals surface area contributed by atoms with E-state index >= 15 is 0 Å².